The van der Waals surface area contributed by atoms with Crippen molar-refractivity contribution in [1.82, 2.24) is 10.3 Å². The van der Waals surface area contributed by atoms with E-state index in [1.54, 1.807) is 0 Å². The van der Waals surface area contributed by atoms with E-state index in [9.17, 15) is 5.11 Å². The first-order valence-corrected chi connectivity index (χ1v) is 7.88. The van der Waals surface area contributed by atoms with Crippen LogP contribution in [0.5, 0.6) is 0 Å². The predicted octanol–water partition coefficient (Wildman–Crippen LogP) is 3.23. The topological polar surface area (TPSA) is 45.1 Å². The molecule has 2 aromatic rings. The highest BCUT2D eigenvalue weighted by atomic mass is 16.3. The molecule has 0 unspecified atom stereocenters. The van der Waals surface area contributed by atoms with Crippen LogP contribution in [0.25, 0.3) is 10.8 Å². The van der Waals surface area contributed by atoms with Crippen molar-refractivity contribution in [2.45, 2.75) is 46.3 Å². The summed E-state index contributed by atoms with van der Waals surface area (Å²) in [6.07, 6.45) is 4.17. The first-order chi connectivity index (χ1) is 10.2. The summed E-state index contributed by atoms with van der Waals surface area (Å²) in [5.41, 5.74) is 4.33. The van der Waals surface area contributed by atoms with Gasteiger partial charge in [-0.1, -0.05) is 12.5 Å². The van der Waals surface area contributed by atoms with Gasteiger partial charge < -0.3 is 10.4 Å². The summed E-state index contributed by atoms with van der Waals surface area (Å²) in [4.78, 5) is 4.45. The van der Waals surface area contributed by atoms with Crippen LogP contribution < -0.4 is 5.32 Å². The smallest absolute Gasteiger partial charge is 0.0853 e. The molecule has 0 bridgehead atoms. The molecular weight excluding hydrogens is 260 g/mol. The Morgan fingerprint density at radius 2 is 2.05 bits per heavy atom. The molecule has 112 valence electrons. The molecule has 21 heavy (non-hydrogen) atoms. The summed E-state index contributed by atoms with van der Waals surface area (Å²) < 4.78 is 0. The third-order valence-corrected chi connectivity index (χ3v) is 4.57. The van der Waals surface area contributed by atoms with Crippen molar-refractivity contribution in [1.29, 1.82) is 0 Å². The van der Waals surface area contributed by atoms with Crippen molar-refractivity contribution >= 4 is 10.8 Å². The Labute approximate surface area is 126 Å². The number of benzene rings is 1. The molecule has 3 nitrogen and oxygen atoms in total. The number of nitrogens with zero attached hydrogens (tertiary/aromatic N) is 1. The highest BCUT2D eigenvalue weighted by Crippen LogP contribution is 2.26. The number of pyridine rings is 1. The van der Waals surface area contributed by atoms with Crippen molar-refractivity contribution in [2.24, 2.45) is 5.92 Å². The molecule has 1 fully saturated rings. The fourth-order valence-electron chi connectivity index (χ4n) is 3.28. The van der Waals surface area contributed by atoms with Crippen LogP contribution in [0.4, 0.5) is 0 Å². The molecule has 0 saturated heterocycles. The van der Waals surface area contributed by atoms with Crippen molar-refractivity contribution in [2.75, 3.05) is 6.54 Å². The Hall–Kier alpha value is -1.45. The fourth-order valence-corrected chi connectivity index (χ4v) is 3.28. The third kappa shape index (κ3) is 3.09. The lowest BCUT2D eigenvalue weighted by Crippen LogP contribution is -2.26. The highest BCUT2D eigenvalue weighted by Gasteiger charge is 2.16. The quantitative estimate of drug-likeness (QED) is 0.886. The summed E-state index contributed by atoms with van der Waals surface area (Å²) in [7, 11) is 0. The normalized spacial score (nSPS) is 15.4. The number of aromatic nitrogens is 1. The standard InChI is InChI=1S/C18H24N2O/c1-12-6-15(10-19-9-14-4-3-5-14)7-16-8-17(11-21)20-13(2)18(12)16/h6-8,14,19,21H,3-5,9-11H2,1-2H3. The molecule has 0 atom stereocenters. The second-order valence-electron chi connectivity index (χ2n) is 6.30. The number of fused-ring (bicyclic) bond motifs is 1. The van der Waals surface area contributed by atoms with E-state index in [1.807, 2.05) is 13.0 Å². The molecule has 1 heterocycles. The van der Waals surface area contributed by atoms with E-state index in [0.717, 1.165) is 30.4 Å². The van der Waals surface area contributed by atoms with E-state index < -0.39 is 0 Å². The first-order valence-electron chi connectivity index (χ1n) is 7.88. The molecule has 0 aliphatic heterocycles. The van der Waals surface area contributed by atoms with Gasteiger partial charge >= 0.3 is 0 Å². The van der Waals surface area contributed by atoms with Gasteiger partial charge in [-0.25, -0.2) is 0 Å². The molecule has 3 heteroatoms. The van der Waals surface area contributed by atoms with Crippen LogP contribution in [-0.4, -0.2) is 16.6 Å². The van der Waals surface area contributed by atoms with Crippen LogP contribution >= 0.6 is 0 Å². The molecule has 1 aliphatic rings. The fraction of sp³-hybridized carbons (Fsp3) is 0.500. The second-order valence-corrected chi connectivity index (χ2v) is 6.30. The molecule has 1 aromatic heterocycles. The van der Waals surface area contributed by atoms with Gasteiger partial charge in [0.1, 0.15) is 0 Å². The molecule has 2 N–H and O–H groups in total. The van der Waals surface area contributed by atoms with E-state index in [-0.39, 0.29) is 6.61 Å². The molecule has 3 rings (SSSR count). The molecule has 1 saturated carbocycles. The van der Waals surface area contributed by atoms with Crippen LogP contribution in [0.2, 0.25) is 0 Å². The number of aliphatic hydroxyl groups excluding tert-OH is 1. The molecule has 0 radical (unpaired) electrons. The Balaban J connectivity index is 1.82. The zero-order chi connectivity index (χ0) is 14.8. The highest BCUT2D eigenvalue weighted by molar-refractivity contribution is 5.88. The Morgan fingerprint density at radius 1 is 1.24 bits per heavy atom. The van der Waals surface area contributed by atoms with Gasteiger partial charge in [0.25, 0.3) is 0 Å². The zero-order valence-electron chi connectivity index (χ0n) is 12.9. The zero-order valence-corrected chi connectivity index (χ0v) is 12.9. The van der Waals surface area contributed by atoms with E-state index in [2.05, 4.69) is 29.4 Å². The Bertz CT molecular complexity index is 647. The van der Waals surface area contributed by atoms with Gasteiger partial charge in [0.05, 0.1) is 12.3 Å². The van der Waals surface area contributed by atoms with Gasteiger partial charge in [-0.2, -0.15) is 0 Å². The summed E-state index contributed by atoms with van der Waals surface area (Å²) >= 11 is 0. The Kier molecular flexibility index (Phi) is 4.22. The lowest BCUT2D eigenvalue weighted by molar-refractivity contribution is 0.277. The summed E-state index contributed by atoms with van der Waals surface area (Å²) in [6.45, 7) is 6.21. The van der Waals surface area contributed by atoms with Gasteiger partial charge in [0.15, 0.2) is 0 Å². The van der Waals surface area contributed by atoms with E-state index in [0.29, 0.717) is 0 Å². The SMILES string of the molecule is Cc1cc(CNCC2CCC2)cc2cc(CO)nc(C)c12. The minimum Gasteiger partial charge on any atom is -0.390 e. The maximum Gasteiger partial charge on any atom is 0.0853 e. The number of hydrogen-bond donors (Lipinski definition) is 2. The number of hydrogen-bond acceptors (Lipinski definition) is 3. The summed E-state index contributed by atoms with van der Waals surface area (Å²) in [6, 6.07) is 6.48. The minimum atomic E-state index is -0.0000146. The van der Waals surface area contributed by atoms with Crippen molar-refractivity contribution in [3.8, 4) is 0 Å². The second kappa shape index (κ2) is 6.12. The molecule has 0 spiro atoms. The number of aryl methyl sites for hydroxylation is 2. The maximum atomic E-state index is 9.32. The number of nitrogens with one attached hydrogen (secondary N) is 1. The van der Waals surface area contributed by atoms with Crippen LogP contribution in [0.15, 0.2) is 18.2 Å². The number of aliphatic hydroxyl groups is 1. The molecule has 1 aliphatic carbocycles. The average Bonchev–Trinajstić information content (AvgIpc) is 2.40. The van der Waals surface area contributed by atoms with Crippen molar-refractivity contribution < 1.29 is 5.11 Å². The summed E-state index contributed by atoms with van der Waals surface area (Å²) in [5, 5.41) is 15.3. The predicted molar refractivity (Wildman–Crippen MR) is 86.2 cm³/mol. The lowest BCUT2D eigenvalue weighted by atomic mass is 9.85. The first kappa shape index (κ1) is 14.5. The van der Waals surface area contributed by atoms with Crippen molar-refractivity contribution in [3.05, 3.63) is 40.7 Å². The van der Waals surface area contributed by atoms with E-state index >= 15 is 0 Å². The van der Waals surface area contributed by atoms with Crippen LogP contribution in [0.1, 0.15) is 41.8 Å². The summed E-state index contributed by atoms with van der Waals surface area (Å²) in [5.74, 6) is 0.888. The Morgan fingerprint density at radius 3 is 2.71 bits per heavy atom. The monoisotopic (exact) mass is 284 g/mol. The van der Waals surface area contributed by atoms with Crippen LogP contribution in [0, 0.1) is 19.8 Å². The molecule has 0 amide bonds. The average molecular weight is 284 g/mol. The lowest BCUT2D eigenvalue weighted by Gasteiger charge is -2.25. The third-order valence-electron chi connectivity index (χ3n) is 4.57. The van der Waals surface area contributed by atoms with Gasteiger partial charge in [-0.3, -0.25) is 4.98 Å². The minimum absolute atomic E-state index is 0.0000146. The van der Waals surface area contributed by atoms with Gasteiger partial charge in [-0.05, 0) is 67.8 Å². The molecule has 1 aromatic carbocycles. The largest absolute Gasteiger partial charge is 0.390 e. The van der Waals surface area contributed by atoms with Gasteiger partial charge in [0, 0.05) is 17.6 Å². The van der Waals surface area contributed by atoms with Crippen molar-refractivity contribution in [3.63, 3.8) is 0 Å². The van der Waals surface area contributed by atoms with Gasteiger partial charge in [-0.15, -0.1) is 0 Å². The van der Waals surface area contributed by atoms with Gasteiger partial charge in [0.2, 0.25) is 0 Å². The van der Waals surface area contributed by atoms with Crippen LogP contribution in [0.3, 0.4) is 0 Å². The van der Waals surface area contributed by atoms with E-state index in [4.69, 9.17) is 0 Å². The van der Waals surface area contributed by atoms with E-state index in [1.165, 1.54) is 41.2 Å². The number of rotatable bonds is 5. The van der Waals surface area contributed by atoms with Crippen LogP contribution in [-0.2, 0) is 13.2 Å². The maximum absolute atomic E-state index is 9.32. The molecular formula is C18H24N2O.